The van der Waals surface area contributed by atoms with Crippen LogP contribution in [-0.2, 0) is 0 Å². The van der Waals surface area contributed by atoms with Crippen LogP contribution in [0.5, 0.6) is 0 Å². The summed E-state index contributed by atoms with van der Waals surface area (Å²) >= 11 is 8.16. The molecule has 0 unspecified atom stereocenters. The number of hydrogen-bond acceptors (Lipinski definition) is 2. The zero-order valence-corrected chi connectivity index (χ0v) is 12.9. The fourth-order valence-corrected chi connectivity index (χ4v) is 2.69. The molecular weight excluding hydrogens is 363 g/mol. The van der Waals surface area contributed by atoms with Crippen molar-refractivity contribution in [3.63, 3.8) is 0 Å². The van der Waals surface area contributed by atoms with E-state index in [4.69, 9.17) is 17.3 Å². The summed E-state index contributed by atoms with van der Waals surface area (Å²) in [6.07, 6.45) is 3.90. The Morgan fingerprint density at radius 1 is 1.33 bits per heavy atom. The predicted octanol–water partition coefficient (Wildman–Crippen LogP) is 2.94. The van der Waals surface area contributed by atoms with Gasteiger partial charge in [-0.15, -0.1) is 0 Å². The molecule has 3 N–H and O–H groups in total. The van der Waals surface area contributed by atoms with Gasteiger partial charge in [-0.05, 0) is 66.5 Å². The third-order valence-electron chi connectivity index (χ3n) is 3.29. The van der Waals surface area contributed by atoms with Crippen molar-refractivity contribution < 1.29 is 4.79 Å². The first-order chi connectivity index (χ1) is 8.56. The highest BCUT2D eigenvalue weighted by molar-refractivity contribution is 14.1. The highest BCUT2D eigenvalue weighted by Crippen LogP contribution is 2.21. The van der Waals surface area contributed by atoms with Crippen LogP contribution in [0.2, 0.25) is 5.02 Å². The van der Waals surface area contributed by atoms with Crippen molar-refractivity contribution in [3.05, 3.63) is 32.4 Å². The molecule has 0 aromatic heterocycles. The number of halogens is 2. The van der Waals surface area contributed by atoms with E-state index >= 15 is 0 Å². The number of rotatable bonds is 2. The summed E-state index contributed by atoms with van der Waals surface area (Å²) in [7, 11) is 0. The third kappa shape index (κ3) is 3.59. The summed E-state index contributed by atoms with van der Waals surface area (Å²) in [5.74, 6) is -0.0474. The van der Waals surface area contributed by atoms with Crippen LogP contribution in [0.15, 0.2) is 18.2 Å². The summed E-state index contributed by atoms with van der Waals surface area (Å²) in [4.78, 5) is 12.1. The monoisotopic (exact) mass is 378 g/mol. The molecule has 0 aliphatic heterocycles. The van der Waals surface area contributed by atoms with Crippen molar-refractivity contribution >= 4 is 40.1 Å². The Kier molecular flexibility index (Phi) is 4.86. The second kappa shape index (κ2) is 6.21. The van der Waals surface area contributed by atoms with Crippen molar-refractivity contribution in [1.82, 2.24) is 5.32 Å². The highest BCUT2D eigenvalue weighted by atomic mass is 127. The van der Waals surface area contributed by atoms with Gasteiger partial charge in [-0.2, -0.15) is 0 Å². The minimum Gasteiger partial charge on any atom is -0.349 e. The van der Waals surface area contributed by atoms with Gasteiger partial charge < -0.3 is 11.1 Å². The second-order valence-electron chi connectivity index (χ2n) is 4.71. The fourth-order valence-electron chi connectivity index (χ4n) is 2.17. The lowest BCUT2D eigenvalue weighted by Crippen LogP contribution is -2.40. The van der Waals surface area contributed by atoms with Crippen molar-refractivity contribution in [2.45, 2.75) is 37.8 Å². The molecule has 1 aliphatic carbocycles. The first-order valence-corrected chi connectivity index (χ1v) is 7.53. The maximum atomic E-state index is 12.1. The Labute approximate surface area is 126 Å². The summed E-state index contributed by atoms with van der Waals surface area (Å²) < 4.78 is 0.953. The zero-order valence-electron chi connectivity index (χ0n) is 9.96. The summed E-state index contributed by atoms with van der Waals surface area (Å²) in [6, 6.07) is 5.92. The molecule has 5 heteroatoms. The molecule has 2 rings (SSSR count). The van der Waals surface area contributed by atoms with Gasteiger partial charge in [-0.3, -0.25) is 4.79 Å². The summed E-state index contributed by atoms with van der Waals surface area (Å²) in [6.45, 7) is 0. The van der Waals surface area contributed by atoms with E-state index in [1.165, 1.54) is 0 Å². The maximum Gasteiger partial charge on any atom is 0.251 e. The number of amides is 1. The average molecular weight is 379 g/mol. The van der Waals surface area contributed by atoms with Gasteiger partial charge in [0.2, 0.25) is 0 Å². The van der Waals surface area contributed by atoms with Gasteiger partial charge in [0.1, 0.15) is 0 Å². The summed E-state index contributed by atoms with van der Waals surface area (Å²) in [5.41, 5.74) is 6.47. The van der Waals surface area contributed by atoms with Gasteiger partial charge in [0.25, 0.3) is 5.91 Å². The number of hydrogen-bond donors (Lipinski definition) is 2. The van der Waals surface area contributed by atoms with E-state index in [2.05, 4.69) is 27.9 Å². The van der Waals surface area contributed by atoms with Crippen molar-refractivity contribution in [2.75, 3.05) is 0 Å². The van der Waals surface area contributed by atoms with Gasteiger partial charge in [0.15, 0.2) is 0 Å². The Morgan fingerprint density at radius 2 is 2.00 bits per heavy atom. The molecule has 1 amide bonds. The van der Waals surface area contributed by atoms with E-state index in [-0.39, 0.29) is 11.9 Å². The molecule has 0 radical (unpaired) electrons. The lowest BCUT2D eigenvalue weighted by atomic mass is 9.91. The van der Waals surface area contributed by atoms with Gasteiger partial charge in [0, 0.05) is 21.2 Å². The number of carbonyl (C=O) groups is 1. The number of nitrogens with two attached hydrogens (primary N) is 1. The maximum absolute atomic E-state index is 12.1. The lowest BCUT2D eigenvalue weighted by molar-refractivity contribution is 0.0926. The van der Waals surface area contributed by atoms with Gasteiger partial charge in [-0.25, -0.2) is 0 Å². The van der Waals surface area contributed by atoms with Gasteiger partial charge >= 0.3 is 0 Å². The second-order valence-corrected chi connectivity index (χ2v) is 6.28. The van der Waals surface area contributed by atoms with Crippen LogP contribution in [0.25, 0.3) is 0 Å². The van der Waals surface area contributed by atoms with Crippen LogP contribution in [0.1, 0.15) is 36.0 Å². The molecule has 1 aromatic carbocycles. The summed E-state index contributed by atoms with van der Waals surface area (Å²) in [5, 5.41) is 3.67. The topological polar surface area (TPSA) is 55.1 Å². The van der Waals surface area contributed by atoms with Crippen LogP contribution in [0, 0.1) is 3.57 Å². The van der Waals surface area contributed by atoms with E-state index in [1.54, 1.807) is 12.1 Å². The minimum atomic E-state index is -0.0474. The van der Waals surface area contributed by atoms with Crippen molar-refractivity contribution in [1.29, 1.82) is 0 Å². The fraction of sp³-hybridized carbons (Fsp3) is 0.462. The average Bonchev–Trinajstić information content (AvgIpc) is 2.35. The quantitative estimate of drug-likeness (QED) is 0.778. The van der Waals surface area contributed by atoms with Crippen LogP contribution in [0.4, 0.5) is 0 Å². The predicted molar refractivity (Wildman–Crippen MR) is 81.9 cm³/mol. The first kappa shape index (κ1) is 14.1. The van der Waals surface area contributed by atoms with Crippen LogP contribution >= 0.6 is 34.2 Å². The number of nitrogens with one attached hydrogen (secondary N) is 1. The Morgan fingerprint density at radius 3 is 2.61 bits per heavy atom. The van der Waals surface area contributed by atoms with E-state index in [1.807, 2.05) is 6.07 Å². The normalized spacial score (nSPS) is 23.7. The molecule has 1 fully saturated rings. The van der Waals surface area contributed by atoms with Crippen LogP contribution in [0.3, 0.4) is 0 Å². The molecule has 0 heterocycles. The van der Waals surface area contributed by atoms with Crippen LogP contribution < -0.4 is 11.1 Å². The minimum absolute atomic E-state index is 0.0474. The standard InChI is InChI=1S/C13H16ClIN2O/c14-11-7-8(1-6-12(11)15)13(18)17-10-4-2-9(16)3-5-10/h1,6-7,9-10H,2-5,16H2,(H,17,18). The molecule has 1 saturated carbocycles. The molecule has 1 aliphatic rings. The zero-order chi connectivity index (χ0) is 13.1. The van der Waals surface area contributed by atoms with Crippen molar-refractivity contribution in [2.24, 2.45) is 5.73 Å². The molecule has 3 nitrogen and oxygen atoms in total. The van der Waals surface area contributed by atoms with E-state index in [0.29, 0.717) is 16.6 Å². The smallest absolute Gasteiger partial charge is 0.251 e. The molecule has 18 heavy (non-hydrogen) atoms. The Hall–Kier alpha value is -0.330. The van der Waals surface area contributed by atoms with Crippen molar-refractivity contribution in [3.8, 4) is 0 Å². The SMILES string of the molecule is NC1CCC(NC(=O)c2ccc(I)c(Cl)c2)CC1. The molecule has 1 aromatic rings. The van der Waals surface area contributed by atoms with Crippen LogP contribution in [-0.4, -0.2) is 18.0 Å². The largest absolute Gasteiger partial charge is 0.349 e. The van der Waals surface area contributed by atoms with E-state index in [9.17, 15) is 4.79 Å². The van der Waals surface area contributed by atoms with Gasteiger partial charge in [-0.1, -0.05) is 11.6 Å². The first-order valence-electron chi connectivity index (χ1n) is 6.08. The molecular formula is C13H16ClIN2O. The molecule has 0 saturated heterocycles. The molecule has 0 atom stereocenters. The number of carbonyl (C=O) groups excluding carboxylic acids is 1. The molecule has 0 bridgehead atoms. The highest BCUT2D eigenvalue weighted by Gasteiger charge is 2.20. The molecule has 0 spiro atoms. The Balaban J connectivity index is 1.97. The third-order valence-corrected chi connectivity index (χ3v) is 4.86. The molecule has 98 valence electrons. The lowest BCUT2D eigenvalue weighted by Gasteiger charge is -2.26. The van der Waals surface area contributed by atoms with Gasteiger partial charge in [0.05, 0.1) is 5.02 Å². The number of benzene rings is 1. The van der Waals surface area contributed by atoms with E-state index in [0.717, 1.165) is 29.3 Å². The van der Waals surface area contributed by atoms with E-state index < -0.39 is 0 Å². The Bertz CT molecular complexity index is 445.